The van der Waals surface area contributed by atoms with E-state index in [0.717, 1.165) is 5.69 Å². The van der Waals surface area contributed by atoms with Crippen molar-refractivity contribution >= 4 is 5.91 Å². The van der Waals surface area contributed by atoms with E-state index in [0.29, 0.717) is 6.54 Å². The molecular formula is C9H17N5O. The molecule has 1 rings (SSSR count). The molecule has 84 valence electrons. The Bertz CT molecular complexity index is 333. The monoisotopic (exact) mass is 211 g/mol. The first kappa shape index (κ1) is 11.6. The predicted molar refractivity (Wildman–Crippen MR) is 55.7 cm³/mol. The van der Waals surface area contributed by atoms with E-state index in [1.54, 1.807) is 17.9 Å². The molecule has 1 atom stereocenters. The maximum Gasteiger partial charge on any atom is 0.234 e. The molecule has 0 aliphatic heterocycles. The van der Waals surface area contributed by atoms with Crippen LogP contribution in [0.2, 0.25) is 0 Å². The highest BCUT2D eigenvalue weighted by Crippen LogP contribution is 2.02. The minimum Gasteiger partial charge on any atom is -0.368 e. The summed E-state index contributed by atoms with van der Waals surface area (Å²) in [5.74, 6) is -0.163. The van der Waals surface area contributed by atoms with Crippen LogP contribution in [0.25, 0.3) is 0 Å². The van der Waals surface area contributed by atoms with Crippen molar-refractivity contribution in [3.63, 3.8) is 0 Å². The summed E-state index contributed by atoms with van der Waals surface area (Å²) < 4.78 is 1.66. The quantitative estimate of drug-likeness (QED) is 0.682. The number of nitrogens with one attached hydrogen (secondary N) is 1. The van der Waals surface area contributed by atoms with Crippen LogP contribution >= 0.6 is 0 Å². The second-order valence-electron chi connectivity index (χ2n) is 3.85. The fourth-order valence-electron chi connectivity index (χ4n) is 1.35. The molecule has 0 aliphatic carbocycles. The number of carbonyl (C=O) groups excluding carboxylic acids is 1. The number of nitrogens with two attached hydrogens (primary N) is 1. The van der Waals surface area contributed by atoms with Gasteiger partial charge in [0, 0.05) is 13.6 Å². The summed E-state index contributed by atoms with van der Waals surface area (Å²) in [7, 11) is 1.80. The Labute approximate surface area is 88.8 Å². The van der Waals surface area contributed by atoms with E-state index in [-0.39, 0.29) is 17.9 Å². The van der Waals surface area contributed by atoms with Crippen LogP contribution < -0.4 is 11.1 Å². The fraction of sp³-hybridized carbons (Fsp3) is 0.667. The summed E-state index contributed by atoms with van der Waals surface area (Å²) in [6, 6.07) is -0.320. The molecule has 6 nitrogen and oxygen atoms in total. The number of hydrogen-bond donors (Lipinski definition) is 2. The van der Waals surface area contributed by atoms with Crippen molar-refractivity contribution in [3.8, 4) is 0 Å². The zero-order valence-corrected chi connectivity index (χ0v) is 9.27. The maximum absolute atomic E-state index is 11.1. The third-order valence-corrected chi connectivity index (χ3v) is 2.28. The molecule has 0 spiro atoms. The first-order valence-corrected chi connectivity index (χ1v) is 4.88. The van der Waals surface area contributed by atoms with Gasteiger partial charge in [0.15, 0.2) is 0 Å². The van der Waals surface area contributed by atoms with Crippen molar-refractivity contribution in [2.75, 3.05) is 0 Å². The van der Waals surface area contributed by atoms with Crippen LogP contribution in [0.1, 0.15) is 19.5 Å². The molecule has 1 unspecified atom stereocenters. The summed E-state index contributed by atoms with van der Waals surface area (Å²) >= 11 is 0. The molecule has 3 N–H and O–H groups in total. The van der Waals surface area contributed by atoms with Gasteiger partial charge in [0.05, 0.1) is 17.9 Å². The third-order valence-electron chi connectivity index (χ3n) is 2.28. The average Bonchev–Trinajstić information content (AvgIpc) is 2.51. The molecule has 6 heteroatoms. The standard InChI is InChI=1S/C9H17N5O/c1-6(2)8(9(10)15)11-4-7-5-12-13-14(7)3/h5-6,8,11H,4H2,1-3H3,(H2,10,15). The van der Waals surface area contributed by atoms with E-state index < -0.39 is 0 Å². The molecule has 1 aromatic rings. The van der Waals surface area contributed by atoms with Gasteiger partial charge in [0.25, 0.3) is 0 Å². The molecule has 1 heterocycles. The number of aromatic nitrogens is 3. The van der Waals surface area contributed by atoms with Crippen LogP contribution in [-0.2, 0) is 18.4 Å². The lowest BCUT2D eigenvalue weighted by Gasteiger charge is -2.18. The van der Waals surface area contributed by atoms with Crippen molar-refractivity contribution < 1.29 is 4.79 Å². The predicted octanol–water partition coefficient (Wildman–Crippen LogP) is -0.585. The van der Waals surface area contributed by atoms with Crippen molar-refractivity contribution in [2.45, 2.75) is 26.4 Å². The zero-order valence-electron chi connectivity index (χ0n) is 9.27. The topological polar surface area (TPSA) is 85.8 Å². The van der Waals surface area contributed by atoms with Crippen molar-refractivity contribution in [1.29, 1.82) is 0 Å². The van der Waals surface area contributed by atoms with Crippen LogP contribution in [0.3, 0.4) is 0 Å². The molecule has 1 amide bonds. The molecule has 0 radical (unpaired) electrons. The lowest BCUT2D eigenvalue weighted by Crippen LogP contribution is -2.44. The molecule has 1 aromatic heterocycles. The zero-order chi connectivity index (χ0) is 11.4. The SMILES string of the molecule is CC(C)C(NCc1cnnn1C)C(N)=O. The molecule has 0 aliphatic rings. The van der Waals surface area contributed by atoms with E-state index in [1.165, 1.54) is 0 Å². The van der Waals surface area contributed by atoms with E-state index >= 15 is 0 Å². The van der Waals surface area contributed by atoms with Gasteiger partial charge in [-0.05, 0) is 5.92 Å². The third kappa shape index (κ3) is 3.02. The Hall–Kier alpha value is -1.43. The molecule has 0 bridgehead atoms. The van der Waals surface area contributed by atoms with Gasteiger partial charge < -0.3 is 5.73 Å². The average molecular weight is 211 g/mol. The van der Waals surface area contributed by atoms with Gasteiger partial charge in [-0.15, -0.1) is 5.10 Å². The summed E-state index contributed by atoms with van der Waals surface area (Å²) in [5.41, 5.74) is 6.19. The normalized spacial score (nSPS) is 13.1. The Balaban J connectivity index is 2.55. The highest BCUT2D eigenvalue weighted by Gasteiger charge is 2.18. The number of primary amides is 1. The number of carbonyl (C=O) groups is 1. The maximum atomic E-state index is 11.1. The van der Waals surface area contributed by atoms with Crippen LogP contribution in [0.4, 0.5) is 0 Å². The number of aryl methyl sites for hydroxylation is 1. The first-order chi connectivity index (χ1) is 7.02. The van der Waals surface area contributed by atoms with Gasteiger partial charge >= 0.3 is 0 Å². The van der Waals surface area contributed by atoms with Crippen molar-refractivity contribution in [3.05, 3.63) is 11.9 Å². The van der Waals surface area contributed by atoms with Crippen LogP contribution in [0.15, 0.2) is 6.20 Å². The summed E-state index contributed by atoms with van der Waals surface area (Å²) in [4.78, 5) is 11.1. The number of rotatable bonds is 5. The van der Waals surface area contributed by atoms with Gasteiger partial charge in [0.1, 0.15) is 0 Å². The van der Waals surface area contributed by atoms with Crippen LogP contribution in [0.5, 0.6) is 0 Å². The molecule has 15 heavy (non-hydrogen) atoms. The molecule has 0 saturated carbocycles. The van der Waals surface area contributed by atoms with E-state index in [9.17, 15) is 4.79 Å². The second-order valence-corrected chi connectivity index (χ2v) is 3.85. The first-order valence-electron chi connectivity index (χ1n) is 4.88. The highest BCUT2D eigenvalue weighted by atomic mass is 16.1. The molecule has 0 saturated heterocycles. The van der Waals surface area contributed by atoms with Gasteiger partial charge in [-0.1, -0.05) is 19.1 Å². The minimum absolute atomic E-state index is 0.170. The van der Waals surface area contributed by atoms with Gasteiger partial charge in [-0.3, -0.25) is 14.8 Å². The molecular weight excluding hydrogens is 194 g/mol. The van der Waals surface area contributed by atoms with E-state index in [2.05, 4.69) is 15.6 Å². The Kier molecular flexibility index (Phi) is 3.79. The van der Waals surface area contributed by atoms with Crippen molar-refractivity contribution in [2.24, 2.45) is 18.7 Å². The fourth-order valence-corrected chi connectivity index (χ4v) is 1.35. The second kappa shape index (κ2) is 4.88. The van der Waals surface area contributed by atoms with Crippen LogP contribution in [0, 0.1) is 5.92 Å². The minimum atomic E-state index is -0.333. The largest absolute Gasteiger partial charge is 0.368 e. The van der Waals surface area contributed by atoms with Gasteiger partial charge in [0.2, 0.25) is 5.91 Å². The highest BCUT2D eigenvalue weighted by molar-refractivity contribution is 5.80. The summed E-state index contributed by atoms with van der Waals surface area (Å²) in [6.07, 6.45) is 1.66. The Morgan fingerprint density at radius 1 is 1.67 bits per heavy atom. The Morgan fingerprint density at radius 3 is 2.73 bits per heavy atom. The van der Waals surface area contributed by atoms with Gasteiger partial charge in [-0.2, -0.15) is 0 Å². The molecule has 0 fully saturated rings. The molecule has 0 aromatic carbocycles. The van der Waals surface area contributed by atoms with Crippen molar-refractivity contribution in [1.82, 2.24) is 20.3 Å². The van der Waals surface area contributed by atoms with E-state index in [1.807, 2.05) is 13.8 Å². The summed E-state index contributed by atoms with van der Waals surface area (Å²) in [5, 5.41) is 10.6. The summed E-state index contributed by atoms with van der Waals surface area (Å²) in [6.45, 7) is 4.43. The lowest BCUT2D eigenvalue weighted by molar-refractivity contribution is -0.121. The smallest absolute Gasteiger partial charge is 0.234 e. The lowest BCUT2D eigenvalue weighted by atomic mass is 10.0. The van der Waals surface area contributed by atoms with Crippen LogP contribution in [-0.4, -0.2) is 26.9 Å². The number of nitrogens with zero attached hydrogens (tertiary/aromatic N) is 3. The number of amides is 1. The number of hydrogen-bond acceptors (Lipinski definition) is 4. The van der Waals surface area contributed by atoms with Gasteiger partial charge in [-0.25, -0.2) is 0 Å². The Morgan fingerprint density at radius 2 is 2.33 bits per heavy atom. The van der Waals surface area contributed by atoms with E-state index in [4.69, 9.17) is 5.73 Å².